The molecular formula is C27H40N2O. The van der Waals surface area contributed by atoms with Gasteiger partial charge in [-0.25, -0.2) is 0 Å². The highest BCUT2D eigenvalue weighted by Crippen LogP contribution is 2.68. The molecule has 0 unspecified atom stereocenters. The molecule has 0 aromatic carbocycles. The van der Waals surface area contributed by atoms with Gasteiger partial charge < -0.3 is 10.0 Å². The minimum atomic E-state index is -0.119. The maximum atomic E-state index is 10.4. The Hall–Kier alpha value is -1.35. The van der Waals surface area contributed by atoms with E-state index in [0.29, 0.717) is 11.3 Å². The second-order valence-corrected chi connectivity index (χ2v) is 11.1. The fourth-order valence-electron chi connectivity index (χ4n) is 8.34. The van der Waals surface area contributed by atoms with Crippen molar-refractivity contribution in [2.45, 2.75) is 85.2 Å². The summed E-state index contributed by atoms with van der Waals surface area (Å²) >= 11 is 0. The van der Waals surface area contributed by atoms with Crippen LogP contribution in [0.3, 0.4) is 0 Å². The van der Waals surface area contributed by atoms with E-state index in [-0.39, 0.29) is 11.5 Å². The van der Waals surface area contributed by atoms with Gasteiger partial charge in [0.15, 0.2) is 0 Å². The Kier molecular flexibility index (Phi) is 5.04. The zero-order valence-corrected chi connectivity index (χ0v) is 19.4. The summed E-state index contributed by atoms with van der Waals surface area (Å²) in [6, 6.07) is 0. The Balaban J connectivity index is 1.54. The van der Waals surface area contributed by atoms with Crippen molar-refractivity contribution in [3.05, 3.63) is 35.3 Å². The lowest BCUT2D eigenvalue weighted by Gasteiger charge is -2.60. The number of nitrogens with zero attached hydrogens (tertiary/aromatic N) is 2. The van der Waals surface area contributed by atoms with Crippen LogP contribution in [0.2, 0.25) is 0 Å². The van der Waals surface area contributed by atoms with Gasteiger partial charge in [0, 0.05) is 29.7 Å². The van der Waals surface area contributed by atoms with Crippen molar-refractivity contribution < 1.29 is 5.11 Å². The van der Waals surface area contributed by atoms with Crippen molar-refractivity contribution in [3.8, 4) is 0 Å². The fraction of sp³-hybridized carbons (Fsp3) is 0.741. The Morgan fingerprint density at radius 1 is 1.10 bits per heavy atom. The topological polar surface area (TPSA) is 35.8 Å². The predicted molar refractivity (Wildman–Crippen MR) is 124 cm³/mol. The first-order valence-corrected chi connectivity index (χ1v) is 12.5. The third kappa shape index (κ3) is 2.83. The summed E-state index contributed by atoms with van der Waals surface area (Å²) in [5, 5.41) is 10.4. The maximum Gasteiger partial charge on any atom is 0.0577 e. The molecule has 3 heteroatoms. The van der Waals surface area contributed by atoms with E-state index in [2.05, 4.69) is 56.1 Å². The van der Waals surface area contributed by atoms with Crippen molar-refractivity contribution in [2.75, 3.05) is 6.54 Å². The van der Waals surface area contributed by atoms with Crippen LogP contribution in [0.15, 0.2) is 40.3 Å². The fourth-order valence-corrected chi connectivity index (χ4v) is 8.34. The molecule has 3 nitrogen and oxygen atoms in total. The van der Waals surface area contributed by atoms with E-state index >= 15 is 0 Å². The molecule has 164 valence electrons. The number of rotatable bonds is 3. The smallest absolute Gasteiger partial charge is 0.0577 e. The molecule has 0 spiro atoms. The van der Waals surface area contributed by atoms with Gasteiger partial charge in [-0.2, -0.15) is 0 Å². The molecule has 0 aromatic heterocycles. The first kappa shape index (κ1) is 20.5. The number of aliphatic imine (C=N–C) groups is 1. The van der Waals surface area contributed by atoms with Crippen LogP contribution in [0.1, 0.15) is 79.1 Å². The molecular weight excluding hydrogens is 368 g/mol. The number of allylic oxidation sites excluding steroid dienone is 3. The van der Waals surface area contributed by atoms with Crippen LogP contribution in [-0.2, 0) is 0 Å². The standard InChI is InChI=1S/C27H40N2O/c1-5-18-15-20-17-21(30)7-9-26(20,3)22-8-10-27(4)23(24(18)22)16-19(6-2)25(27)29-13-11-28-12-14-29/h11-13,15,18,21-24,30H,5-10,14,16-17H2,1-4H3/t18-,21-,22-,23-,24+,26-,27-/m0/s1. The zero-order chi connectivity index (χ0) is 21.1. The van der Waals surface area contributed by atoms with Gasteiger partial charge in [0.2, 0.25) is 0 Å². The molecule has 2 saturated carbocycles. The van der Waals surface area contributed by atoms with Crippen LogP contribution in [0.25, 0.3) is 0 Å². The minimum Gasteiger partial charge on any atom is -0.393 e. The summed E-state index contributed by atoms with van der Waals surface area (Å²) in [6.45, 7) is 10.8. The van der Waals surface area contributed by atoms with E-state index in [4.69, 9.17) is 0 Å². The van der Waals surface area contributed by atoms with Crippen LogP contribution < -0.4 is 0 Å². The average molecular weight is 409 g/mol. The Morgan fingerprint density at radius 2 is 1.90 bits per heavy atom. The average Bonchev–Trinajstić information content (AvgIpc) is 3.06. The quantitative estimate of drug-likeness (QED) is 0.575. The third-order valence-electron chi connectivity index (χ3n) is 9.88. The van der Waals surface area contributed by atoms with Crippen LogP contribution in [0.5, 0.6) is 0 Å². The summed E-state index contributed by atoms with van der Waals surface area (Å²) in [6.07, 6.45) is 18.2. The van der Waals surface area contributed by atoms with Gasteiger partial charge in [-0.05, 0) is 80.5 Å². The van der Waals surface area contributed by atoms with E-state index in [1.54, 1.807) is 16.8 Å². The molecule has 2 fully saturated rings. The first-order valence-electron chi connectivity index (χ1n) is 12.5. The van der Waals surface area contributed by atoms with Crippen LogP contribution >= 0.6 is 0 Å². The molecule has 1 heterocycles. The monoisotopic (exact) mass is 408 g/mol. The molecule has 0 bridgehead atoms. The van der Waals surface area contributed by atoms with Gasteiger partial charge in [-0.1, -0.05) is 44.9 Å². The first-order chi connectivity index (χ1) is 14.4. The number of fused-ring (bicyclic) bond motifs is 5. The van der Waals surface area contributed by atoms with Crippen LogP contribution in [0, 0.1) is 34.5 Å². The summed E-state index contributed by atoms with van der Waals surface area (Å²) in [4.78, 5) is 6.84. The molecule has 0 amide bonds. The summed E-state index contributed by atoms with van der Waals surface area (Å²) in [5.41, 5.74) is 5.51. The summed E-state index contributed by atoms with van der Waals surface area (Å²) < 4.78 is 0. The van der Waals surface area contributed by atoms with Crippen molar-refractivity contribution in [3.63, 3.8) is 0 Å². The van der Waals surface area contributed by atoms with Gasteiger partial charge in [0.25, 0.3) is 0 Å². The van der Waals surface area contributed by atoms with Gasteiger partial charge in [-0.3, -0.25) is 4.99 Å². The highest BCUT2D eigenvalue weighted by Gasteiger charge is 2.60. The number of aliphatic hydroxyl groups is 1. The van der Waals surface area contributed by atoms with E-state index < -0.39 is 0 Å². The Labute approximate surface area is 183 Å². The van der Waals surface area contributed by atoms with Gasteiger partial charge in [0.05, 0.1) is 12.6 Å². The molecule has 1 N–H and O–H groups in total. The number of aliphatic hydroxyl groups excluding tert-OH is 1. The van der Waals surface area contributed by atoms with Gasteiger partial charge in [0.1, 0.15) is 0 Å². The second-order valence-electron chi connectivity index (χ2n) is 11.1. The van der Waals surface area contributed by atoms with Gasteiger partial charge in [-0.15, -0.1) is 0 Å². The molecule has 4 aliphatic carbocycles. The molecule has 0 saturated heterocycles. The largest absolute Gasteiger partial charge is 0.393 e. The third-order valence-corrected chi connectivity index (χ3v) is 9.88. The zero-order valence-electron chi connectivity index (χ0n) is 19.4. The molecule has 0 aromatic rings. The maximum absolute atomic E-state index is 10.4. The van der Waals surface area contributed by atoms with Gasteiger partial charge >= 0.3 is 0 Å². The molecule has 7 atom stereocenters. The lowest BCUT2D eigenvalue weighted by Crippen LogP contribution is -2.53. The SMILES string of the molecule is CCC1=C(N2C=CN=CC2)[C@@]2(C)CC[C@H]3[C@@H]([C@@H](CC)C=C4C[C@@H](O)CC[C@@]43C)[C@@H]2C1. The van der Waals surface area contributed by atoms with E-state index in [1.807, 2.05) is 6.20 Å². The Bertz CT molecular complexity index is 823. The molecule has 30 heavy (non-hydrogen) atoms. The highest BCUT2D eigenvalue weighted by molar-refractivity contribution is 5.62. The van der Waals surface area contributed by atoms with Crippen molar-refractivity contribution in [1.82, 2.24) is 4.90 Å². The summed E-state index contributed by atoms with van der Waals surface area (Å²) in [5.74, 6) is 2.98. The van der Waals surface area contributed by atoms with E-state index in [1.165, 1.54) is 38.5 Å². The van der Waals surface area contributed by atoms with E-state index in [9.17, 15) is 5.11 Å². The Morgan fingerprint density at radius 3 is 2.60 bits per heavy atom. The van der Waals surface area contributed by atoms with Crippen molar-refractivity contribution in [1.29, 1.82) is 0 Å². The number of hydrogen-bond acceptors (Lipinski definition) is 3. The number of hydrogen-bond donors (Lipinski definition) is 1. The molecule has 1 aliphatic heterocycles. The van der Waals surface area contributed by atoms with Crippen LogP contribution in [0.4, 0.5) is 0 Å². The van der Waals surface area contributed by atoms with E-state index in [0.717, 1.165) is 37.1 Å². The molecule has 0 radical (unpaired) electrons. The van der Waals surface area contributed by atoms with Crippen LogP contribution in [-0.4, -0.2) is 28.9 Å². The second kappa shape index (κ2) is 7.36. The molecule has 5 rings (SSSR count). The normalized spacial score (nSPS) is 45.2. The lowest BCUT2D eigenvalue weighted by atomic mass is 9.45. The minimum absolute atomic E-state index is 0.119. The van der Waals surface area contributed by atoms with Crippen molar-refractivity contribution >= 4 is 6.21 Å². The molecule has 5 aliphatic rings. The summed E-state index contributed by atoms with van der Waals surface area (Å²) in [7, 11) is 0. The predicted octanol–water partition coefficient (Wildman–Crippen LogP) is 6.08. The lowest BCUT2D eigenvalue weighted by molar-refractivity contribution is -0.0560. The van der Waals surface area contributed by atoms with Crippen molar-refractivity contribution in [2.24, 2.45) is 39.5 Å². The highest BCUT2D eigenvalue weighted by atomic mass is 16.3.